The molecule has 0 atom stereocenters. The molecular weight excluding hydrogens is 310 g/mol. The number of nitrogens with one attached hydrogen (secondary N) is 1. The molecule has 1 N–H and O–H groups in total. The van der Waals surface area contributed by atoms with Crippen molar-refractivity contribution < 1.29 is 0 Å². The van der Waals surface area contributed by atoms with Gasteiger partial charge in [0.1, 0.15) is 5.82 Å². The van der Waals surface area contributed by atoms with E-state index in [4.69, 9.17) is 4.98 Å². The summed E-state index contributed by atoms with van der Waals surface area (Å²) in [6.45, 7) is 10.5. The fourth-order valence-corrected chi connectivity index (χ4v) is 3.20. The number of aryl methyl sites for hydroxylation is 2. The lowest BCUT2D eigenvalue weighted by atomic mass is 10.1. The van der Waals surface area contributed by atoms with Gasteiger partial charge < -0.3 is 15.1 Å². The smallest absolute Gasteiger partial charge is 0.227 e. The van der Waals surface area contributed by atoms with Gasteiger partial charge in [-0.25, -0.2) is 4.98 Å². The summed E-state index contributed by atoms with van der Waals surface area (Å²) in [6.07, 6.45) is 2.18. The van der Waals surface area contributed by atoms with Crippen LogP contribution in [0, 0.1) is 6.92 Å². The molecule has 0 bridgehead atoms. The maximum atomic E-state index is 4.74. The second kappa shape index (κ2) is 8.81. The Bertz CT molecular complexity index is 650. The molecule has 1 aliphatic heterocycles. The number of benzene rings is 1. The summed E-state index contributed by atoms with van der Waals surface area (Å²) < 4.78 is 0. The zero-order valence-electron chi connectivity index (χ0n) is 15.4. The number of hydrogen-bond donors (Lipinski definition) is 1. The summed E-state index contributed by atoms with van der Waals surface area (Å²) in [5, 5.41) is 3.47. The zero-order valence-corrected chi connectivity index (χ0v) is 15.4. The highest BCUT2D eigenvalue weighted by atomic mass is 15.3. The van der Waals surface area contributed by atoms with Crippen molar-refractivity contribution in [2.24, 2.45) is 0 Å². The van der Waals surface area contributed by atoms with Crippen LogP contribution in [0.2, 0.25) is 0 Å². The minimum Gasteiger partial charge on any atom is -0.370 e. The van der Waals surface area contributed by atoms with Gasteiger partial charge in [-0.2, -0.15) is 4.98 Å². The van der Waals surface area contributed by atoms with Crippen molar-refractivity contribution in [2.45, 2.75) is 26.7 Å². The molecule has 0 unspecified atom stereocenters. The van der Waals surface area contributed by atoms with Crippen LogP contribution in [-0.2, 0) is 6.42 Å². The number of likely N-dealkylation sites (N-methyl/N-ethyl adjacent to an activating group) is 1. The Labute approximate surface area is 151 Å². The predicted octanol–water partition coefficient (Wildman–Crippen LogP) is 2.97. The van der Waals surface area contributed by atoms with Crippen LogP contribution in [0.3, 0.4) is 0 Å². The largest absolute Gasteiger partial charge is 0.370 e. The number of rotatable bonds is 7. The quantitative estimate of drug-likeness (QED) is 0.786. The van der Waals surface area contributed by atoms with Crippen molar-refractivity contribution >= 4 is 11.8 Å². The molecule has 2 heterocycles. The Morgan fingerprint density at radius 1 is 1.04 bits per heavy atom. The summed E-state index contributed by atoms with van der Waals surface area (Å²) in [7, 11) is 0. The molecule has 2 aromatic rings. The van der Waals surface area contributed by atoms with E-state index in [2.05, 4.69) is 57.4 Å². The molecule has 1 saturated heterocycles. The highest BCUT2D eigenvalue weighted by Crippen LogP contribution is 2.16. The van der Waals surface area contributed by atoms with E-state index in [0.717, 1.165) is 69.6 Å². The lowest BCUT2D eigenvalue weighted by Crippen LogP contribution is -2.46. The number of aromatic nitrogens is 2. The number of anilines is 2. The van der Waals surface area contributed by atoms with E-state index in [1.54, 1.807) is 0 Å². The summed E-state index contributed by atoms with van der Waals surface area (Å²) in [5.74, 6) is 1.80. The fourth-order valence-electron chi connectivity index (χ4n) is 3.20. The highest BCUT2D eigenvalue weighted by molar-refractivity contribution is 5.44. The Morgan fingerprint density at radius 3 is 2.52 bits per heavy atom. The third-order valence-electron chi connectivity index (χ3n) is 4.74. The van der Waals surface area contributed by atoms with Crippen LogP contribution in [0.25, 0.3) is 0 Å². The first-order valence-corrected chi connectivity index (χ1v) is 9.35. The number of nitrogens with zero attached hydrogens (tertiary/aromatic N) is 4. The SMILES string of the molecule is CCN1CCN(c2nc(C)cc(NCCCc3ccccc3)n2)CC1. The van der Waals surface area contributed by atoms with Gasteiger partial charge in [0.15, 0.2) is 0 Å². The van der Waals surface area contributed by atoms with Crippen molar-refractivity contribution in [3.8, 4) is 0 Å². The van der Waals surface area contributed by atoms with Crippen molar-refractivity contribution in [3.05, 3.63) is 47.7 Å². The number of piperazine rings is 1. The standard InChI is InChI=1S/C20H29N5/c1-3-24-12-14-25(15-13-24)20-22-17(2)16-19(23-20)21-11-7-10-18-8-5-4-6-9-18/h4-6,8-9,16H,3,7,10-15H2,1-2H3,(H,21,22,23). The van der Waals surface area contributed by atoms with Gasteiger partial charge in [0.05, 0.1) is 0 Å². The topological polar surface area (TPSA) is 44.3 Å². The van der Waals surface area contributed by atoms with Crippen molar-refractivity contribution in [2.75, 3.05) is 49.5 Å². The van der Waals surface area contributed by atoms with Crippen molar-refractivity contribution in [3.63, 3.8) is 0 Å². The number of hydrogen-bond acceptors (Lipinski definition) is 5. The van der Waals surface area contributed by atoms with Gasteiger partial charge in [-0.3, -0.25) is 0 Å². The summed E-state index contributed by atoms with van der Waals surface area (Å²) in [4.78, 5) is 14.1. The minimum absolute atomic E-state index is 0.862. The minimum atomic E-state index is 0.862. The van der Waals surface area contributed by atoms with Gasteiger partial charge in [0.25, 0.3) is 0 Å². The van der Waals surface area contributed by atoms with Crippen LogP contribution >= 0.6 is 0 Å². The summed E-state index contributed by atoms with van der Waals surface area (Å²) >= 11 is 0. The summed E-state index contributed by atoms with van der Waals surface area (Å²) in [5.41, 5.74) is 2.41. The molecule has 0 amide bonds. The maximum absolute atomic E-state index is 4.74. The van der Waals surface area contributed by atoms with Gasteiger partial charge in [-0.15, -0.1) is 0 Å². The first kappa shape index (κ1) is 17.7. The molecule has 1 fully saturated rings. The van der Waals surface area contributed by atoms with Crippen LogP contribution in [-0.4, -0.2) is 54.1 Å². The molecule has 1 aromatic carbocycles. The Hall–Kier alpha value is -2.14. The average Bonchev–Trinajstić information content (AvgIpc) is 2.66. The van der Waals surface area contributed by atoms with E-state index in [0.29, 0.717) is 0 Å². The van der Waals surface area contributed by atoms with E-state index < -0.39 is 0 Å². The van der Waals surface area contributed by atoms with E-state index in [1.165, 1.54) is 5.56 Å². The molecule has 1 aromatic heterocycles. The van der Waals surface area contributed by atoms with Gasteiger partial charge in [0, 0.05) is 44.5 Å². The molecule has 3 rings (SSSR count). The first-order chi connectivity index (χ1) is 12.2. The van der Waals surface area contributed by atoms with Crippen LogP contribution < -0.4 is 10.2 Å². The lowest BCUT2D eigenvalue weighted by molar-refractivity contribution is 0.270. The van der Waals surface area contributed by atoms with E-state index in [1.807, 2.05) is 13.0 Å². The van der Waals surface area contributed by atoms with Gasteiger partial charge in [0.2, 0.25) is 5.95 Å². The van der Waals surface area contributed by atoms with Crippen molar-refractivity contribution in [1.82, 2.24) is 14.9 Å². The fraction of sp³-hybridized carbons (Fsp3) is 0.500. The highest BCUT2D eigenvalue weighted by Gasteiger charge is 2.18. The monoisotopic (exact) mass is 339 g/mol. The molecule has 0 saturated carbocycles. The van der Waals surface area contributed by atoms with Crippen LogP contribution in [0.4, 0.5) is 11.8 Å². The van der Waals surface area contributed by atoms with E-state index >= 15 is 0 Å². The van der Waals surface area contributed by atoms with E-state index in [-0.39, 0.29) is 0 Å². The second-order valence-corrected chi connectivity index (χ2v) is 6.63. The zero-order chi connectivity index (χ0) is 17.5. The third kappa shape index (κ3) is 5.16. The molecule has 0 radical (unpaired) electrons. The molecule has 1 aliphatic rings. The van der Waals surface area contributed by atoms with Gasteiger partial charge >= 0.3 is 0 Å². The molecule has 5 heteroatoms. The molecular formula is C20H29N5. The Balaban J connectivity index is 1.53. The Morgan fingerprint density at radius 2 is 1.80 bits per heavy atom. The van der Waals surface area contributed by atoms with Crippen LogP contribution in [0.5, 0.6) is 0 Å². The average molecular weight is 339 g/mol. The van der Waals surface area contributed by atoms with Crippen LogP contribution in [0.1, 0.15) is 24.6 Å². The van der Waals surface area contributed by atoms with Crippen molar-refractivity contribution in [1.29, 1.82) is 0 Å². The molecule has 0 spiro atoms. The summed E-state index contributed by atoms with van der Waals surface area (Å²) in [6, 6.07) is 12.7. The molecule has 5 nitrogen and oxygen atoms in total. The van der Waals surface area contributed by atoms with Gasteiger partial charge in [-0.1, -0.05) is 37.3 Å². The predicted molar refractivity (Wildman–Crippen MR) is 104 cm³/mol. The van der Waals surface area contributed by atoms with Crippen LogP contribution in [0.15, 0.2) is 36.4 Å². The first-order valence-electron chi connectivity index (χ1n) is 9.35. The van der Waals surface area contributed by atoms with Gasteiger partial charge in [-0.05, 0) is 31.9 Å². The second-order valence-electron chi connectivity index (χ2n) is 6.63. The molecule has 25 heavy (non-hydrogen) atoms. The lowest BCUT2D eigenvalue weighted by Gasteiger charge is -2.34. The maximum Gasteiger partial charge on any atom is 0.227 e. The Kier molecular flexibility index (Phi) is 6.23. The third-order valence-corrected chi connectivity index (χ3v) is 4.74. The molecule has 134 valence electrons. The molecule has 0 aliphatic carbocycles. The van der Waals surface area contributed by atoms with E-state index in [9.17, 15) is 0 Å². The normalized spacial score (nSPS) is 15.4.